The van der Waals surface area contributed by atoms with E-state index in [0.29, 0.717) is 0 Å². The van der Waals surface area contributed by atoms with Crippen molar-refractivity contribution in [2.24, 2.45) is 0 Å². The summed E-state index contributed by atoms with van der Waals surface area (Å²) in [5.41, 5.74) is -0.350. The van der Waals surface area contributed by atoms with Crippen molar-refractivity contribution in [2.45, 2.75) is 25.4 Å². The van der Waals surface area contributed by atoms with Gasteiger partial charge in [0, 0.05) is 0 Å². The smallest absolute Gasteiger partial charge is 0.457 e. The minimum Gasteiger partial charge on any atom is -0.457 e. The molecule has 0 bridgehead atoms. The molecular weight excluding hydrogens is 212 g/mol. The van der Waals surface area contributed by atoms with E-state index in [-0.39, 0.29) is 11.7 Å². The van der Waals surface area contributed by atoms with E-state index in [0.717, 1.165) is 12.8 Å². The second kappa shape index (κ2) is 4.50. The van der Waals surface area contributed by atoms with Crippen LogP contribution < -0.4 is 0 Å². The van der Waals surface area contributed by atoms with Crippen LogP contribution in [0, 0.1) is 0 Å². The second-order valence-corrected chi connectivity index (χ2v) is 3.43. The van der Waals surface area contributed by atoms with E-state index >= 15 is 0 Å². The SMILES string of the molecule is CC1(OC(=O)COC(=O)OCCl)CC1. The minimum atomic E-state index is -0.974. The van der Waals surface area contributed by atoms with Crippen molar-refractivity contribution in [2.75, 3.05) is 12.7 Å². The third-order valence-corrected chi connectivity index (χ3v) is 1.90. The molecule has 0 heterocycles. The summed E-state index contributed by atoms with van der Waals surface area (Å²) < 4.78 is 13.6. The topological polar surface area (TPSA) is 61.8 Å². The molecule has 0 atom stereocenters. The summed E-state index contributed by atoms with van der Waals surface area (Å²) in [5, 5.41) is 0. The van der Waals surface area contributed by atoms with Gasteiger partial charge in [0.05, 0.1) is 0 Å². The number of rotatable bonds is 4. The predicted molar refractivity (Wildman–Crippen MR) is 46.9 cm³/mol. The summed E-state index contributed by atoms with van der Waals surface area (Å²) in [6.45, 7) is 1.38. The molecule has 1 fully saturated rings. The molecule has 1 aliphatic rings. The molecule has 1 aliphatic carbocycles. The molecule has 5 nitrogen and oxygen atoms in total. The van der Waals surface area contributed by atoms with Crippen LogP contribution in [-0.4, -0.2) is 30.4 Å². The number of alkyl halides is 1. The summed E-state index contributed by atoms with van der Waals surface area (Å²) in [6, 6.07) is -0.300. The van der Waals surface area contributed by atoms with Crippen molar-refractivity contribution >= 4 is 23.7 Å². The van der Waals surface area contributed by atoms with Gasteiger partial charge in [-0.05, 0) is 19.8 Å². The van der Waals surface area contributed by atoms with E-state index < -0.39 is 18.7 Å². The van der Waals surface area contributed by atoms with Crippen LogP contribution in [0.15, 0.2) is 0 Å². The number of esters is 1. The van der Waals surface area contributed by atoms with E-state index in [9.17, 15) is 9.59 Å². The van der Waals surface area contributed by atoms with E-state index in [2.05, 4.69) is 9.47 Å². The molecule has 14 heavy (non-hydrogen) atoms. The standard InChI is InChI=1S/C8H11ClO5/c1-8(2-3-8)14-6(10)4-12-7(11)13-5-9/h2-5H2,1H3. The quantitative estimate of drug-likeness (QED) is 0.532. The Balaban J connectivity index is 2.11. The Bertz CT molecular complexity index is 236. The zero-order chi connectivity index (χ0) is 10.6. The molecule has 0 unspecified atom stereocenters. The Morgan fingerprint density at radius 1 is 1.36 bits per heavy atom. The van der Waals surface area contributed by atoms with Gasteiger partial charge in [0.25, 0.3) is 0 Å². The van der Waals surface area contributed by atoms with Gasteiger partial charge in [0.2, 0.25) is 0 Å². The lowest BCUT2D eigenvalue weighted by atomic mass is 10.4. The molecule has 0 aromatic carbocycles. The number of ether oxygens (including phenoxy) is 3. The number of carbonyl (C=O) groups is 2. The van der Waals surface area contributed by atoms with E-state index in [1.807, 2.05) is 6.92 Å². The number of hydrogen-bond acceptors (Lipinski definition) is 5. The third kappa shape index (κ3) is 3.83. The maximum absolute atomic E-state index is 11.0. The molecule has 0 amide bonds. The lowest BCUT2D eigenvalue weighted by molar-refractivity contribution is -0.154. The van der Waals surface area contributed by atoms with Crippen LogP contribution in [0.5, 0.6) is 0 Å². The summed E-state index contributed by atoms with van der Waals surface area (Å²) in [5.74, 6) is -0.573. The minimum absolute atomic E-state index is 0.300. The Morgan fingerprint density at radius 2 is 2.00 bits per heavy atom. The van der Waals surface area contributed by atoms with Crippen LogP contribution >= 0.6 is 11.6 Å². The first kappa shape index (κ1) is 11.1. The zero-order valence-electron chi connectivity index (χ0n) is 7.75. The van der Waals surface area contributed by atoms with Crippen LogP contribution in [-0.2, 0) is 19.0 Å². The highest BCUT2D eigenvalue weighted by Crippen LogP contribution is 2.38. The normalized spacial score (nSPS) is 17.0. The molecule has 80 valence electrons. The number of carbonyl (C=O) groups excluding carboxylic acids is 2. The van der Waals surface area contributed by atoms with Crippen LogP contribution in [0.25, 0.3) is 0 Å². The second-order valence-electron chi connectivity index (χ2n) is 3.22. The van der Waals surface area contributed by atoms with Gasteiger partial charge in [-0.15, -0.1) is 0 Å². The summed E-state index contributed by atoms with van der Waals surface area (Å²) in [6.07, 6.45) is 0.730. The molecule has 0 aromatic rings. The number of hydrogen-bond donors (Lipinski definition) is 0. The van der Waals surface area contributed by atoms with Crippen molar-refractivity contribution in [1.82, 2.24) is 0 Å². The van der Waals surface area contributed by atoms with E-state index in [1.54, 1.807) is 0 Å². The maximum atomic E-state index is 11.0. The molecule has 0 aliphatic heterocycles. The fraction of sp³-hybridized carbons (Fsp3) is 0.750. The molecule has 0 aromatic heterocycles. The Morgan fingerprint density at radius 3 is 2.50 bits per heavy atom. The lowest BCUT2D eigenvalue weighted by Gasteiger charge is -2.10. The highest BCUT2D eigenvalue weighted by molar-refractivity contribution is 6.17. The van der Waals surface area contributed by atoms with E-state index in [4.69, 9.17) is 16.3 Å². The summed E-state index contributed by atoms with van der Waals surface area (Å²) in [7, 11) is 0. The average molecular weight is 223 g/mol. The largest absolute Gasteiger partial charge is 0.510 e. The van der Waals surface area contributed by atoms with Crippen molar-refractivity contribution in [1.29, 1.82) is 0 Å². The Kier molecular flexibility index (Phi) is 3.57. The first-order chi connectivity index (χ1) is 6.56. The zero-order valence-corrected chi connectivity index (χ0v) is 8.50. The molecule has 1 saturated carbocycles. The van der Waals surface area contributed by atoms with Crippen LogP contribution in [0.1, 0.15) is 19.8 Å². The van der Waals surface area contributed by atoms with Gasteiger partial charge in [-0.3, -0.25) is 0 Å². The number of halogens is 1. The predicted octanol–water partition coefficient (Wildman–Crippen LogP) is 1.43. The molecule has 0 N–H and O–H groups in total. The van der Waals surface area contributed by atoms with E-state index in [1.165, 1.54) is 0 Å². The molecule has 0 saturated heterocycles. The van der Waals surface area contributed by atoms with Crippen LogP contribution in [0.2, 0.25) is 0 Å². The Labute approximate surface area is 86.3 Å². The highest BCUT2D eigenvalue weighted by Gasteiger charge is 2.41. The van der Waals surface area contributed by atoms with Gasteiger partial charge in [0.1, 0.15) is 5.60 Å². The van der Waals surface area contributed by atoms with Crippen molar-refractivity contribution < 1.29 is 23.8 Å². The Hall–Kier alpha value is -0.970. The van der Waals surface area contributed by atoms with Crippen LogP contribution in [0.4, 0.5) is 4.79 Å². The van der Waals surface area contributed by atoms with Gasteiger partial charge in [-0.25, -0.2) is 9.59 Å². The van der Waals surface area contributed by atoms with Gasteiger partial charge >= 0.3 is 12.1 Å². The fourth-order valence-electron chi connectivity index (χ4n) is 0.786. The lowest BCUT2D eigenvalue weighted by Crippen LogP contribution is -2.22. The molecular formula is C8H11ClO5. The molecule has 0 spiro atoms. The maximum Gasteiger partial charge on any atom is 0.510 e. The average Bonchev–Trinajstić information content (AvgIpc) is 2.80. The van der Waals surface area contributed by atoms with Crippen molar-refractivity contribution in [3.63, 3.8) is 0 Å². The monoisotopic (exact) mass is 222 g/mol. The third-order valence-electron chi connectivity index (χ3n) is 1.79. The summed E-state index contributed by atoms with van der Waals surface area (Å²) >= 11 is 5.09. The van der Waals surface area contributed by atoms with Crippen LogP contribution in [0.3, 0.4) is 0 Å². The fourth-order valence-corrected chi connectivity index (χ4v) is 0.876. The van der Waals surface area contributed by atoms with Crippen molar-refractivity contribution in [3.8, 4) is 0 Å². The molecule has 0 radical (unpaired) electrons. The van der Waals surface area contributed by atoms with Gasteiger partial charge in [0.15, 0.2) is 12.7 Å². The summed E-state index contributed by atoms with van der Waals surface area (Å²) in [4.78, 5) is 21.6. The van der Waals surface area contributed by atoms with Gasteiger partial charge in [-0.1, -0.05) is 11.6 Å². The van der Waals surface area contributed by atoms with Gasteiger partial charge < -0.3 is 14.2 Å². The first-order valence-corrected chi connectivity index (χ1v) is 4.66. The molecule has 6 heteroatoms. The first-order valence-electron chi connectivity index (χ1n) is 4.13. The highest BCUT2D eigenvalue weighted by atomic mass is 35.5. The molecule has 1 rings (SSSR count). The van der Waals surface area contributed by atoms with Gasteiger partial charge in [-0.2, -0.15) is 0 Å². The van der Waals surface area contributed by atoms with Crippen molar-refractivity contribution in [3.05, 3.63) is 0 Å².